The second-order valence-corrected chi connectivity index (χ2v) is 7.27. The van der Waals surface area contributed by atoms with Crippen LogP contribution in [0.25, 0.3) is 0 Å². The van der Waals surface area contributed by atoms with Crippen molar-refractivity contribution >= 4 is 17.0 Å². The monoisotopic (exact) mass is 322 g/mol. The smallest absolute Gasteiger partial charge is 0.285 e. The van der Waals surface area contributed by atoms with Gasteiger partial charge in [0, 0.05) is 31.6 Å². The maximum Gasteiger partial charge on any atom is 0.285 e. The Morgan fingerprint density at radius 2 is 2.23 bits per heavy atom. The van der Waals surface area contributed by atoms with Crippen molar-refractivity contribution in [2.75, 3.05) is 27.2 Å². The van der Waals surface area contributed by atoms with Crippen molar-refractivity contribution < 1.29 is 9.90 Å². The molecular formula is C17H26N2O2S. The Balaban J connectivity index is 2.04. The average Bonchev–Trinajstić information content (AvgIpc) is 2.47. The van der Waals surface area contributed by atoms with E-state index in [2.05, 4.69) is 24.0 Å². The molecule has 0 saturated carbocycles. The lowest BCUT2D eigenvalue weighted by Crippen LogP contribution is -2.45. The molecule has 0 aliphatic carbocycles. The van der Waals surface area contributed by atoms with Gasteiger partial charge in [0.15, 0.2) is 0 Å². The molecule has 1 amide bonds. The van der Waals surface area contributed by atoms with Gasteiger partial charge in [-0.3, -0.25) is 9.69 Å². The summed E-state index contributed by atoms with van der Waals surface area (Å²) in [6.07, 6.45) is 2.38. The molecule has 1 heterocycles. The van der Waals surface area contributed by atoms with Crippen molar-refractivity contribution in [3.63, 3.8) is 0 Å². The fourth-order valence-electron chi connectivity index (χ4n) is 2.96. The molecule has 1 fully saturated rings. The molecule has 0 spiro atoms. The fraction of sp³-hybridized carbons (Fsp3) is 0.588. The zero-order valence-electron chi connectivity index (χ0n) is 13.7. The number of carbonyl (C=O) groups excluding carboxylic acids is 1. The number of hydrogen-bond donors (Lipinski definition) is 1. The Morgan fingerprint density at radius 3 is 2.91 bits per heavy atom. The van der Waals surface area contributed by atoms with Gasteiger partial charge in [-0.05, 0) is 54.8 Å². The maximum atomic E-state index is 11.8. The van der Waals surface area contributed by atoms with Crippen LogP contribution >= 0.6 is 11.8 Å². The third kappa shape index (κ3) is 4.48. The van der Waals surface area contributed by atoms with Crippen molar-refractivity contribution in [3.05, 3.63) is 29.8 Å². The molecule has 1 aromatic carbocycles. The van der Waals surface area contributed by atoms with Gasteiger partial charge in [0.2, 0.25) is 0 Å². The van der Waals surface area contributed by atoms with Gasteiger partial charge >= 0.3 is 0 Å². The number of nitrogens with zero attached hydrogens (tertiary/aromatic N) is 2. The predicted octanol–water partition coefficient (Wildman–Crippen LogP) is 3.05. The zero-order chi connectivity index (χ0) is 16.1. The van der Waals surface area contributed by atoms with Crippen molar-refractivity contribution in [1.82, 2.24) is 9.80 Å². The molecule has 2 atom stereocenters. The number of piperidine rings is 1. The maximum absolute atomic E-state index is 11.8. The van der Waals surface area contributed by atoms with E-state index in [0.717, 1.165) is 18.0 Å². The quantitative estimate of drug-likeness (QED) is 0.865. The highest BCUT2D eigenvalue weighted by atomic mass is 32.2. The highest BCUT2D eigenvalue weighted by molar-refractivity contribution is 8.13. The van der Waals surface area contributed by atoms with Gasteiger partial charge in [-0.25, -0.2) is 0 Å². The number of likely N-dealkylation sites (tertiary alicyclic amines) is 1. The minimum Gasteiger partial charge on any atom is -0.395 e. The molecule has 1 saturated heterocycles. The number of amides is 1. The van der Waals surface area contributed by atoms with E-state index in [1.54, 1.807) is 19.0 Å². The highest BCUT2D eigenvalue weighted by Crippen LogP contribution is 2.26. The normalized spacial score (nSPS) is 22.5. The molecule has 2 rings (SSSR count). The lowest BCUT2D eigenvalue weighted by atomic mass is 9.91. The summed E-state index contributed by atoms with van der Waals surface area (Å²) in [5.74, 6) is 0.534. The molecule has 1 N–H and O–H groups in total. The van der Waals surface area contributed by atoms with Crippen LogP contribution in [-0.4, -0.2) is 53.4 Å². The predicted molar refractivity (Wildman–Crippen MR) is 91.1 cm³/mol. The van der Waals surface area contributed by atoms with Crippen LogP contribution in [0.5, 0.6) is 0 Å². The van der Waals surface area contributed by atoms with Crippen LogP contribution in [0.15, 0.2) is 29.2 Å². The van der Waals surface area contributed by atoms with Crippen molar-refractivity contribution in [2.24, 2.45) is 5.92 Å². The summed E-state index contributed by atoms with van der Waals surface area (Å²) in [5, 5.41) is 9.69. The molecule has 4 nitrogen and oxygen atoms in total. The summed E-state index contributed by atoms with van der Waals surface area (Å²) < 4.78 is 0. The molecule has 122 valence electrons. The number of hydrogen-bond acceptors (Lipinski definition) is 4. The lowest BCUT2D eigenvalue weighted by molar-refractivity contribution is 0.0472. The Hall–Kier alpha value is -1.04. The first-order valence-electron chi connectivity index (χ1n) is 7.84. The van der Waals surface area contributed by atoms with Crippen molar-refractivity contribution in [3.8, 4) is 0 Å². The summed E-state index contributed by atoms with van der Waals surface area (Å²) in [4.78, 5) is 16.7. The Bertz CT molecular complexity index is 507. The summed E-state index contributed by atoms with van der Waals surface area (Å²) in [6, 6.07) is 8.39. The van der Waals surface area contributed by atoms with Crippen LogP contribution in [0, 0.1) is 5.92 Å². The number of aliphatic hydroxyl groups is 1. The molecule has 2 unspecified atom stereocenters. The third-order valence-electron chi connectivity index (χ3n) is 4.27. The SMILES string of the molecule is CC1CCCN(Cc2cccc(SC(=O)N(C)C)c2)C1CO. The average molecular weight is 322 g/mol. The van der Waals surface area contributed by atoms with Gasteiger partial charge < -0.3 is 10.0 Å². The van der Waals surface area contributed by atoms with Gasteiger partial charge in [-0.1, -0.05) is 19.1 Å². The molecule has 22 heavy (non-hydrogen) atoms. The molecular weight excluding hydrogens is 296 g/mol. The van der Waals surface area contributed by atoms with Crippen LogP contribution in [0.1, 0.15) is 25.3 Å². The second kappa shape index (κ2) is 7.99. The highest BCUT2D eigenvalue weighted by Gasteiger charge is 2.27. The molecule has 5 heteroatoms. The van der Waals surface area contributed by atoms with Crippen molar-refractivity contribution in [1.29, 1.82) is 0 Å². The van der Waals surface area contributed by atoms with E-state index < -0.39 is 0 Å². The molecule has 0 aromatic heterocycles. The summed E-state index contributed by atoms with van der Waals surface area (Å²) in [7, 11) is 3.53. The summed E-state index contributed by atoms with van der Waals surface area (Å²) >= 11 is 1.25. The van der Waals surface area contributed by atoms with E-state index in [1.807, 2.05) is 12.1 Å². The lowest BCUT2D eigenvalue weighted by Gasteiger charge is -2.39. The minimum atomic E-state index is 0.0389. The second-order valence-electron chi connectivity index (χ2n) is 6.25. The molecule has 1 aromatic rings. The number of aliphatic hydroxyl groups excluding tert-OH is 1. The van der Waals surface area contributed by atoms with Crippen LogP contribution in [0.3, 0.4) is 0 Å². The fourth-order valence-corrected chi connectivity index (χ4v) is 3.70. The van der Waals surface area contributed by atoms with E-state index in [1.165, 1.54) is 30.2 Å². The Morgan fingerprint density at radius 1 is 1.45 bits per heavy atom. The van der Waals surface area contributed by atoms with E-state index >= 15 is 0 Å². The van der Waals surface area contributed by atoms with E-state index in [0.29, 0.717) is 5.92 Å². The van der Waals surface area contributed by atoms with Crippen molar-refractivity contribution in [2.45, 2.75) is 37.2 Å². The molecule has 1 aliphatic rings. The molecule has 1 aliphatic heterocycles. The first-order valence-corrected chi connectivity index (χ1v) is 8.66. The number of rotatable bonds is 4. The van der Waals surface area contributed by atoms with Gasteiger partial charge in [-0.2, -0.15) is 0 Å². The van der Waals surface area contributed by atoms with Gasteiger partial charge in [0.05, 0.1) is 6.61 Å². The zero-order valence-corrected chi connectivity index (χ0v) is 14.5. The van der Waals surface area contributed by atoms with Gasteiger partial charge in [0.25, 0.3) is 5.24 Å². The Labute approximate surface area is 137 Å². The van der Waals surface area contributed by atoms with E-state index in [9.17, 15) is 9.90 Å². The number of thioether (sulfide) groups is 1. The van der Waals surface area contributed by atoms with Crippen LogP contribution < -0.4 is 0 Å². The standard InChI is InChI=1S/C17H26N2O2S/c1-13-6-5-9-19(16(13)12-20)11-14-7-4-8-15(10-14)22-17(21)18(2)3/h4,7-8,10,13,16,20H,5-6,9,11-12H2,1-3H3. The molecule has 0 bridgehead atoms. The van der Waals surface area contributed by atoms with E-state index in [-0.39, 0.29) is 17.9 Å². The Kier molecular flexibility index (Phi) is 6.29. The van der Waals surface area contributed by atoms with Gasteiger partial charge in [-0.15, -0.1) is 0 Å². The largest absolute Gasteiger partial charge is 0.395 e. The number of carbonyl (C=O) groups is 1. The summed E-state index contributed by atoms with van der Waals surface area (Å²) in [5.41, 5.74) is 1.20. The van der Waals surface area contributed by atoms with E-state index in [4.69, 9.17) is 0 Å². The minimum absolute atomic E-state index is 0.0389. The van der Waals surface area contributed by atoms with Crippen LogP contribution in [-0.2, 0) is 6.54 Å². The first kappa shape index (κ1) is 17.3. The third-order valence-corrected chi connectivity index (χ3v) is 5.30. The number of benzene rings is 1. The van der Waals surface area contributed by atoms with Crippen LogP contribution in [0.2, 0.25) is 0 Å². The molecule has 0 radical (unpaired) electrons. The van der Waals surface area contributed by atoms with Gasteiger partial charge in [0.1, 0.15) is 0 Å². The summed E-state index contributed by atoms with van der Waals surface area (Å²) in [6.45, 7) is 4.30. The first-order chi connectivity index (χ1) is 10.5. The van der Waals surface area contributed by atoms with Crippen LogP contribution in [0.4, 0.5) is 4.79 Å². The topological polar surface area (TPSA) is 43.8 Å².